The second kappa shape index (κ2) is 5.91. The van der Waals surface area contributed by atoms with Crippen molar-refractivity contribution in [3.63, 3.8) is 0 Å². The molecule has 18 heavy (non-hydrogen) atoms. The number of amides is 1. The third-order valence-electron chi connectivity index (χ3n) is 2.65. The Morgan fingerprint density at radius 1 is 1.44 bits per heavy atom. The molecule has 1 saturated heterocycles. The first-order valence-corrected chi connectivity index (χ1v) is 6.68. The van der Waals surface area contributed by atoms with Gasteiger partial charge in [0.05, 0.1) is 11.3 Å². The van der Waals surface area contributed by atoms with Crippen LogP contribution in [0.1, 0.15) is 13.3 Å². The van der Waals surface area contributed by atoms with E-state index in [-0.39, 0.29) is 29.8 Å². The predicted octanol–water partition coefficient (Wildman–Crippen LogP) is 1.60. The van der Waals surface area contributed by atoms with Crippen LogP contribution in [0, 0.1) is 0 Å². The maximum atomic E-state index is 11.8. The number of carbonyl (C=O) groups excluding carboxylic acids is 2. The molecule has 2 rings (SSSR count). The van der Waals surface area contributed by atoms with Crippen molar-refractivity contribution in [1.29, 1.82) is 0 Å². The van der Waals surface area contributed by atoms with Crippen LogP contribution in [0.3, 0.4) is 0 Å². The molecule has 1 aliphatic heterocycles. The van der Waals surface area contributed by atoms with Crippen LogP contribution in [0.15, 0.2) is 35.2 Å². The van der Waals surface area contributed by atoms with Crippen molar-refractivity contribution in [3.8, 4) is 0 Å². The molecule has 0 bridgehead atoms. The molecule has 1 heterocycles. The SMILES string of the molecule is CC(=O)OC[C@@H]1C[C@@H](Sc2ccccc2)C(=O)N1. The van der Waals surface area contributed by atoms with Crippen molar-refractivity contribution < 1.29 is 14.3 Å². The third kappa shape index (κ3) is 3.50. The van der Waals surface area contributed by atoms with Crippen molar-refractivity contribution in [2.45, 2.75) is 29.5 Å². The molecule has 0 saturated carbocycles. The molecule has 1 amide bonds. The van der Waals surface area contributed by atoms with Gasteiger partial charge in [-0.05, 0) is 18.6 Å². The molecule has 2 atom stereocenters. The van der Waals surface area contributed by atoms with Crippen molar-refractivity contribution in [1.82, 2.24) is 5.32 Å². The average Bonchev–Trinajstić information content (AvgIpc) is 2.69. The molecule has 1 aromatic carbocycles. The Hall–Kier alpha value is -1.49. The molecule has 0 unspecified atom stereocenters. The maximum Gasteiger partial charge on any atom is 0.302 e. The molecule has 1 aliphatic rings. The summed E-state index contributed by atoms with van der Waals surface area (Å²) in [7, 11) is 0. The van der Waals surface area contributed by atoms with E-state index in [9.17, 15) is 9.59 Å². The van der Waals surface area contributed by atoms with Crippen molar-refractivity contribution in [2.75, 3.05) is 6.61 Å². The molecule has 1 fully saturated rings. The lowest BCUT2D eigenvalue weighted by molar-refractivity contribution is -0.141. The van der Waals surface area contributed by atoms with Gasteiger partial charge in [0.1, 0.15) is 6.61 Å². The Morgan fingerprint density at radius 3 is 2.83 bits per heavy atom. The van der Waals surface area contributed by atoms with E-state index < -0.39 is 0 Å². The molecule has 0 radical (unpaired) electrons. The van der Waals surface area contributed by atoms with Crippen LogP contribution in [0.2, 0.25) is 0 Å². The zero-order valence-electron chi connectivity index (χ0n) is 10.1. The molecule has 0 aromatic heterocycles. The molecule has 96 valence electrons. The Bertz CT molecular complexity index is 435. The molecule has 0 spiro atoms. The summed E-state index contributed by atoms with van der Waals surface area (Å²) in [5, 5.41) is 2.74. The molecule has 1 aromatic rings. The third-order valence-corrected chi connectivity index (χ3v) is 3.88. The minimum absolute atomic E-state index is 0.0148. The summed E-state index contributed by atoms with van der Waals surface area (Å²) in [6, 6.07) is 9.75. The second-order valence-electron chi connectivity index (χ2n) is 4.16. The van der Waals surface area contributed by atoms with Crippen molar-refractivity contribution in [2.24, 2.45) is 0 Å². The zero-order valence-corrected chi connectivity index (χ0v) is 10.9. The van der Waals surface area contributed by atoms with Crippen molar-refractivity contribution in [3.05, 3.63) is 30.3 Å². The summed E-state index contributed by atoms with van der Waals surface area (Å²) in [6.45, 7) is 1.62. The number of esters is 1. The number of hydrogen-bond acceptors (Lipinski definition) is 4. The molecular formula is C13H15NO3S. The minimum Gasteiger partial charge on any atom is -0.464 e. The van der Waals surface area contributed by atoms with Crippen LogP contribution in [0.25, 0.3) is 0 Å². The van der Waals surface area contributed by atoms with E-state index in [1.54, 1.807) is 11.8 Å². The first-order valence-electron chi connectivity index (χ1n) is 5.80. The van der Waals surface area contributed by atoms with E-state index in [1.165, 1.54) is 6.92 Å². The zero-order chi connectivity index (χ0) is 13.0. The summed E-state index contributed by atoms with van der Waals surface area (Å²) < 4.78 is 4.91. The number of benzene rings is 1. The van der Waals surface area contributed by atoms with Gasteiger partial charge in [0.15, 0.2) is 0 Å². The summed E-state index contributed by atoms with van der Waals surface area (Å²) in [6.07, 6.45) is 0.686. The van der Waals surface area contributed by atoms with Crippen LogP contribution < -0.4 is 5.32 Å². The number of carbonyl (C=O) groups is 2. The summed E-state index contributed by atoms with van der Waals surface area (Å²) in [5.74, 6) is -0.301. The monoisotopic (exact) mass is 265 g/mol. The predicted molar refractivity (Wildman–Crippen MR) is 69.3 cm³/mol. The van der Waals surface area contributed by atoms with Crippen LogP contribution in [-0.4, -0.2) is 29.8 Å². The first-order chi connectivity index (χ1) is 8.65. The van der Waals surface area contributed by atoms with Gasteiger partial charge in [-0.15, -0.1) is 11.8 Å². The summed E-state index contributed by atoms with van der Waals surface area (Å²) >= 11 is 1.54. The van der Waals surface area contributed by atoms with Gasteiger partial charge in [0, 0.05) is 11.8 Å². The molecule has 4 nitrogen and oxygen atoms in total. The van der Waals surface area contributed by atoms with Crippen LogP contribution in [0.4, 0.5) is 0 Å². The Kier molecular flexibility index (Phi) is 4.25. The van der Waals surface area contributed by atoms with Gasteiger partial charge in [0.25, 0.3) is 0 Å². The fraction of sp³-hybridized carbons (Fsp3) is 0.385. The topological polar surface area (TPSA) is 55.4 Å². The van der Waals surface area contributed by atoms with E-state index in [1.807, 2.05) is 30.3 Å². The average molecular weight is 265 g/mol. The highest BCUT2D eigenvalue weighted by molar-refractivity contribution is 8.00. The normalized spacial score (nSPS) is 22.6. The number of thioether (sulfide) groups is 1. The van der Waals surface area contributed by atoms with Gasteiger partial charge in [-0.2, -0.15) is 0 Å². The van der Waals surface area contributed by atoms with Gasteiger partial charge in [-0.1, -0.05) is 18.2 Å². The first kappa shape index (κ1) is 13.0. The standard InChI is InChI=1S/C13H15NO3S/c1-9(15)17-8-10-7-12(13(16)14-10)18-11-5-3-2-4-6-11/h2-6,10,12H,7-8H2,1H3,(H,14,16)/t10-,12+/m0/s1. The quantitative estimate of drug-likeness (QED) is 0.840. The maximum absolute atomic E-state index is 11.8. The fourth-order valence-corrected chi connectivity index (χ4v) is 2.96. The summed E-state index contributed by atoms with van der Waals surface area (Å²) in [5.41, 5.74) is 0. The summed E-state index contributed by atoms with van der Waals surface area (Å²) in [4.78, 5) is 23.6. The van der Waals surface area contributed by atoms with E-state index in [4.69, 9.17) is 4.74 Å². The fourth-order valence-electron chi connectivity index (χ4n) is 1.81. The number of hydrogen-bond donors (Lipinski definition) is 1. The number of rotatable bonds is 4. The molecular weight excluding hydrogens is 250 g/mol. The smallest absolute Gasteiger partial charge is 0.302 e. The van der Waals surface area contributed by atoms with Gasteiger partial charge in [-0.25, -0.2) is 0 Å². The van der Waals surface area contributed by atoms with Gasteiger partial charge in [0.2, 0.25) is 5.91 Å². The lowest BCUT2D eigenvalue weighted by Gasteiger charge is -2.09. The van der Waals surface area contributed by atoms with Crippen LogP contribution >= 0.6 is 11.8 Å². The molecule has 0 aliphatic carbocycles. The van der Waals surface area contributed by atoms with E-state index in [0.717, 1.165) is 4.90 Å². The van der Waals surface area contributed by atoms with Crippen LogP contribution in [-0.2, 0) is 14.3 Å². The Balaban J connectivity index is 1.87. The van der Waals surface area contributed by atoms with Gasteiger partial charge < -0.3 is 10.1 Å². The lowest BCUT2D eigenvalue weighted by atomic mass is 10.2. The lowest BCUT2D eigenvalue weighted by Crippen LogP contribution is -2.31. The second-order valence-corrected chi connectivity index (χ2v) is 5.44. The molecule has 1 N–H and O–H groups in total. The number of ether oxygens (including phenoxy) is 1. The molecule has 5 heteroatoms. The Morgan fingerprint density at radius 2 is 2.17 bits per heavy atom. The minimum atomic E-state index is -0.316. The van der Waals surface area contributed by atoms with Gasteiger partial charge in [-0.3, -0.25) is 9.59 Å². The van der Waals surface area contributed by atoms with E-state index in [2.05, 4.69) is 5.32 Å². The highest BCUT2D eigenvalue weighted by atomic mass is 32.2. The van der Waals surface area contributed by atoms with Gasteiger partial charge >= 0.3 is 5.97 Å². The highest BCUT2D eigenvalue weighted by Gasteiger charge is 2.33. The number of nitrogens with one attached hydrogen (secondary N) is 1. The highest BCUT2D eigenvalue weighted by Crippen LogP contribution is 2.29. The van der Waals surface area contributed by atoms with E-state index in [0.29, 0.717) is 6.42 Å². The largest absolute Gasteiger partial charge is 0.464 e. The van der Waals surface area contributed by atoms with Crippen LogP contribution in [0.5, 0.6) is 0 Å². The van der Waals surface area contributed by atoms with E-state index >= 15 is 0 Å². The van der Waals surface area contributed by atoms with Crippen molar-refractivity contribution >= 4 is 23.6 Å². The Labute approximate surface area is 110 Å².